The Morgan fingerprint density at radius 3 is 2.50 bits per heavy atom. The first-order chi connectivity index (χ1) is 9.54. The van der Waals surface area contributed by atoms with Crippen molar-refractivity contribution >= 4 is 27.7 Å². The van der Waals surface area contributed by atoms with Crippen LogP contribution in [0.2, 0.25) is 0 Å². The molecular weight excluding hydrogens is 324 g/mol. The smallest absolute Gasteiger partial charge is 0.316 e. The Balaban J connectivity index is 2.99. The van der Waals surface area contributed by atoms with Gasteiger partial charge in [0.15, 0.2) is 5.78 Å². The molecule has 0 bridgehead atoms. The molecule has 0 amide bonds. The highest BCUT2D eigenvalue weighted by Crippen LogP contribution is 2.27. The maximum absolute atomic E-state index is 12.4. The zero-order valence-electron chi connectivity index (χ0n) is 11.9. The number of unbranched alkanes of at least 4 members (excludes halogenated alkanes) is 1. The van der Waals surface area contributed by atoms with E-state index in [0.717, 1.165) is 12.8 Å². The minimum atomic E-state index is -0.736. The van der Waals surface area contributed by atoms with Gasteiger partial charge in [0.2, 0.25) is 0 Å². The van der Waals surface area contributed by atoms with Crippen LogP contribution in [0.25, 0.3) is 0 Å². The molecule has 1 atom stereocenters. The van der Waals surface area contributed by atoms with Crippen LogP contribution in [-0.2, 0) is 9.53 Å². The number of ketones is 1. The van der Waals surface area contributed by atoms with Crippen LogP contribution >= 0.6 is 15.9 Å². The van der Waals surface area contributed by atoms with E-state index in [2.05, 4.69) is 15.9 Å². The molecule has 1 aromatic rings. The first-order valence-electron chi connectivity index (χ1n) is 6.50. The van der Waals surface area contributed by atoms with Crippen LogP contribution in [0.4, 0.5) is 0 Å². The number of hydrogen-bond donors (Lipinski definition) is 0. The molecule has 0 spiro atoms. The highest BCUT2D eigenvalue weighted by Gasteiger charge is 2.28. The van der Waals surface area contributed by atoms with Gasteiger partial charge >= 0.3 is 5.97 Å². The predicted molar refractivity (Wildman–Crippen MR) is 80.1 cm³/mol. The molecule has 0 aliphatic rings. The molecule has 20 heavy (non-hydrogen) atoms. The Kier molecular flexibility index (Phi) is 6.71. The second kappa shape index (κ2) is 8.04. The van der Waals surface area contributed by atoms with Crippen molar-refractivity contribution in [3.8, 4) is 5.75 Å². The number of carbonyl (C=O) groups excluding carboxylic acids is 2. The number of carbonyl (C=O) groups is 2. The lowest BCUT2D eigenvalue weighted by molar-refractivity contribution is -0.143. The van der Waals surface area contributed by atoms with E-state index >= 15 is 0 Å². The van der Waals surface area contributed by atoms with Crippen molar-refractivity contribution in [2.75, 3.05) is 14.2 Å². The van der Waals surface area contributed by atoms with Gasteiger partial charge in [-0.25, -0.2) is 0 Å². The molecule has 0 radical (unpaired) electrons. The summed E-state index contributed by atoms with van der Waals surface area (Å²) in [5.74, 6) is -0.783. The number of halogens is 1. The highest BCUT2D eigenvalue weighted by atomic mass is 79.9. The average Bonchev–Trinajstić information content (AvgIpc) is 2.46. The first-order valence-corrected chi connectivity index (χ1v) is 7.30. The van der Waals surface area contributed by atoms with Crippen molar-refractivity contribution in [1.29, 1.82) is 0 Å². The van der Waals surface area contributed by atoms with E-state index < -0.39 is 11.9 Å². The summed E-state index contributed by atoms with van der Waals surface area (Å²) >= 11 is 3.34. The summed E-state index contributed by atoms with van der Waals surface area (Å²) in [5, 5.41) is 0. The molecule has 1 rings (SSSR count). The van der Waals surface area contributed by atoms with Crippen LogP contribution in [0, 0.1) is 5.92 Å². The number of hydrogen-bond acceptors (Lipinski definition) is 4. The number of ether oxygens (including phenoxy) is 2. The quantitative estimate of drug-likeness (QED) is 0.431. The average molecular weight is 343 g/mol. The lowest BCUT2D eigenvalue weighted by Gasteiger charge is -2.14. The fraction of sp³-hybridized carbons (Fsp3) is 0.467. The molecule has 0 N–H and O–H groups in total. The van der Waals surface area contributed by atoms with Gasteiger partial charge in [0.1, 0.15) is 11.7 Å². The Morgan fingerprint density at radius 1 is 1.30 bits per heavy atom. The van der Waals surface area contributed by atoms with Crippen molar-refractivity contribution in [1.82, 2.24) is 0 Å². The Bertz CT molecular complexity index is 485. The standard InChI is InChI=1S/C15H19BrO4/c1-4-5-6-11(15(18)20-3)14(17)10-7-8-13(19-2)12(16)9-10/h7-9,11H,4-6H2,1-3H3. The topological polar surface area (TPSA) is 52.6 Å². The second-order valence-electron chi connectivity index (χ2n) is 4.43. The van der Waals surface area contributed by atoms with E-state index in [9.17, 15) is 9.59 Å². The predicted octanol–water partition coefficient (Wildman–Crippen LogP) is 3.62. The summed E-state index contributed by atoms with van der Waals surface area (Å²) in [4.78, 5) is 24.2. The minimum Gasteiger partial charge on any atom is -0.496 e. The molecule has 0 aliphatic carbocycles. The van der Waals surface area contributed by atoms with Gasteiger partial charge in [-0.15, -0.1) is 0 Å². The monoisotopic (exact) mass is 342 g/mol. The summed E-state index contributed by atoms with van der Waals surface area (Å²) in [6.45, 7) is 2.02. The van der Waals surface area contributed by atoms with Gasteiger partial charge in [0.25, 0.3) is 0 Å². The Hall–Kier alpha value is -1.36. The SMILES string of the molecule is CCCCC(C(=O)OC)C(=O)c1ccc(OC)c(Br)c1. The molecule has 5 heteroatoms. The van der Waals surface area contributed by atoms with Crippen LogP contribution in [-0.4, -0.2) is 26.0 Å². The van der Waals surface area contributed by atoms with Crippen molar-refractivity contribution in [3.05, 3.63) is 28.2 Å². The summed E-state index contributed by atoms with van der Waals surface area (Å²) in [5.41, 5.74) is 0.476. The van der Waals surface area contributed by atoms with Gasteiger partial charge in [0.05, 0.1) is 18.7 Å². The number of methoxy groups -OCH3 is 2. The van der Waals surface area contributed by atoms with Crippen LogP contribution in [0.5, 0.6) is 5.75 Å². The van der Waals surface area contributed by atoms with Crippen molar-refractivity contribution < 1.29 is 19.1 Å². The third-order valence-corrected chi connectivity index (χ3v) is 3.70. The molecule has 0 heterocycles. The molecular formula is C15H19BrO4. The van der Waals surface area contributed by atoms with Gasteiger partial charge < -0.3 is 9.47 Å². The van der Waals surface area contributed by atoms with Crippen molar-refractivity contribution in [2.24, 2.45) is 5.92 Å². The third-order valence-electron chi connectivity index (χ3n) is 3.08. The van der Waals surface area contributed by atoms with Gasteiger partial charge in [0, 0.05) is 5.56 Å². The Morgan fingerprint density at radius 2 is 2.00 bits per heavy atom. The first kappa shape index (κ1) is 16.7. The van der Waals surface area contributed by atoms with Crippen LogP contribution < -0.4 is 4.74 Å². The van der Waals surface area contributed by atoms with Crippen LogP contribution in [0.1, 0.15) is 36.5 Å². The minimum absolute atomic E-state index is 0.214. The van der Waals surface area contributed by atoms with Gasteiger partial charge in [-0.2, -0.15) is 0 Å². The normalized spacial score (nSPS) is 11.8. The lowest BCUT2D eigenvalue weighted by Crippen LogP contribution is -2.25. The molecule has 0 fully saturated rings. The lowest BCUT2D eigenvalue weighted by atomic mass is 9.93. The summed E-state index contributed by atoms with van der Waals surface area (Å²) in [6.07, 6.45) is 2.24. The number of rotatable bonds is 7. The number of benzene rings is 1. The molecule has 4 nitrogen and oxygen atoms in total. The van der Waals surface area contributed by atoms with Gasteiger partial charge in [-0.1, -0.05) is 19.8 Å². The number of esters is 1. The molecule has 0 aromatic heterocycles. The molecule has 0 saturated carbocycles. The largest absolute Gasteiger partial charge is 0.496 e. The fourth-order valence-corrected chi connectivity index (χ4v) is 2.47. The van der Waals surface area contributed by atoms with E-state index in [1.165, 1.54) is 7.11 Å². The van der Waals surface area contributed by atoms with E-state index in [4.69, 9.17) is 9.47 Å². The summed E-state index contributed by atoms with van der Waals surface area (Å²) < 4.78 is 10.5. The summed E-state index contributed by atoms with van der Waals surface area (Å²) in [7, 11) is 2.86. The van der Waals surface area contributed by atoms with E-state index in [1.807, 2.05) is 6.92 Å². The maximum atomic E-state index is 12.4. The number of Topliss-reactive ketones (excluding diaryl/α,β-unsaturated/α-hetero) is 1. The molecule has 1 unspecified atom stereocenters. The van der Waals surface area contributed by atoms with Crippen LogP contribution in [0.3, 0.4) is 0 Å². The molecule has 110 valence electrons. The van der Waals surface area contributed by atoms with E-state index in [1.54, 1.807) is 25.3 Å². The molecule has 1 aromatic carbocycles. The second-order valence-corrected chi connectivity index (χ2v) is 5.29. The van der Waals surface area contributed by atoms with Crippen molar-refractivity contribution in [3.63, 3.8) is 0 Å². The van der Waals surface area contributed by atoms with E-state index in [0.29, 0.717) is 22.2 Å². The highest BCUT2D eigenvalue weighted by molar-refractivity contribution is 9.10. The molecule has 0 saturated heterocycles. The van der Waals surface area contributed by atoms with Crippen LogP contribution in [0.15, 0.2) is 22.7 Å². The maximum Gasteiger partial charge on any atom is 0.316 e. The van der Waals surface area contributed by atoms with E-state index in [-0.39, 0.29) is 5.78 Å². The fourth-order valence-electron chi connectivity index (χ4n) is 1.93. The third kappa shape index (κ3) is 4.07. The zero-order valence-corrected chi connectivity index (χ0v) is 13.5. The summed E-state index contributed by atoms with van der Waals surface area (Å²) in [6, 6.07) is 5.03. The zero-order chi connectivity index (χ0) is 15.1. The Labute approximate surface area is 127 Å². The van der Waals surface area contributed by atoms with Crippen molar-refractivity contribution in [2.45, 2.75) is 26.2 Å². The molecule has 0 aliphatic heterocycles. The van der Waals surface area contributed by atoms with Gasteiger partial charge in [-0.05, 0) is 40.5 Å². The van der Waals surface area contributed by atoms with Gasteiger partial charge in [-0.3, -0.25) is 9.59 Å².